The third-order valence-electron chi connectivity index (χ3n) is 5.83. The molecule has 1 atom stereocenters. The van der Waals surface area contributed by atoms with Crippen molar-refractivity contribution in [1.29, 1.82) is 0 Å². The lowest BCUT2D eigenvalue weighted by atomic mass is 10.1. The van der Waals surface area contributed by atoms with E-state index >= 15 is 0 Å². The first-order valence-corrected chi connectivity index (χ1v) is 16.0. The molecule has 0 saturated carbocycles. The molecule has 0 spiro atoms. The quantitative estimate of drug-likeness (QED) is 0.528. The van der Waals surface area contributed by atoms with Crippen LogP contribution in [0.15, 0.2) is 0 Å². The van der Waals surface area contributed by atoms with E-state index < -0.39 is 34.7 Å². The number of rotatable bonds is 8. The zero-order chi connectivity index (χ0) is 23.3. The molecule has 0 aromatic carbocycles. The monoisotopic (exact) mass is 447 g/mol. The number of hydrogen-bond donors (Lipinski definition) is 1. The third kappa shape index (κ3) is 8.90. The van der Waals surface area contributed by atoms with Gasteiger partial charge in [-0.2, -0.15) is 0 Å². The minimum absolute atomic E-state index is 0.0101. The molecule has 0 aromatic heterocycles. The van der Waals surface area contributed by atoms with Crippen molar-refractivity contribution >= 4 is 34.7 Å². The first-order valence-electron chi connectivity index (χ1n) is 10.2. The maximum absolute atomic E-state index is 12.8. The number of ether oxygens (including phenoxy) is 1. The van der Waals surface area contributed by atoms with Crippen LogP contribution >= 0.6 is 0 Å². The van der Waals surface area contributed by atoms with Crippen LogP contribution in [0.1, 0.15) is 61.3 Å². The van der Waals surface area contributed by atoms with Gasteiger partial charge in [0.1, 0.15) is 6.04 Å². The summed E-state index contributed by atoms with van der Waals surface area (Å²) in [7, 11) is -4.62. The molecule has 0 aliphatic rings. The van der Waals surface area contributed by atoms with E-state index in [4.69, 9.17) is 13.6 Å². The average molecular weight is 448 g/mol. The molecule has 0 bridgehead atoms. The summed E-state index contributed by atoms with van der Waals surface area (Å²) in [5, 5.41) is 2.26. The summed E-state index contributed by atoms with van der Waals surface area (Å²) in [5.41, 5.74) is 0. The molecule has 0 aliphatic carbocycles. The number of carbonyl (C=O) groups excluding carboxylic acids is 3. The standard InChI is InChI=1S/C20H41NO6Si2/c1-12-25-18(24)21-15(17(23)27-29(10,11)20(5,6)7)13-14-16(22)26-28(8,9)19(2,3)4/h15H,12-14H2,1-11H3,(H,21,24). The van der Waals surface area contributed by atoms with Gasteiger partial charge >= 0.3 is 12.1 Å². The molecule has 0 rings (SSSR count). The lowest BCUT2D eigenvalue weighted by molar-refractivity contribution is -0.139. The Balaban J connectivity index is 5.22. The SMILES string of the molecule is CCOC(=O)NC(CCC(=O)O[Si](C)(C)C(C)(C)C)C(=O)O[Si](C)(C)C(C)(C)C. The van der Waals surface area contributed by atoms with E-state index in [1.165, 1.54) is 0 Å². The van der Waals surface area contributed by atoms with E-state index in [2.05, 4.69) is 5.32 Å². The van der Waals surface area contributed by atoms with E-state index in [0.29, 0.717) is 0 Å². The molecular weight excluding hydrogens is 406 g/mol. The molecule has 0 aromatic rings. The van der Waals surface area contributed by atoms with Crippen molar-refractivity contribution in [2.75, 3.05) is 6.61 Å². The molecule has 29 heavy (non-hydrogen) atoms. The average Bonchev–Trinajstić information content (AvgIpc) is 2.48. The van der Waals surface area contributed by atoms with Crippen molar-refractivity contribution < 1.29 is 28.0 Å². The van der Waals surface area contributed by atoms with Gasteiger partial charge in [0.15, 0.2) is 0 Å². The highest BCUT2D eigenvalue weighted by atomic mass is 28.4. The fraction of sp³-hybridized carbons (Fsp3) is 0.850. The van der Waals surface area contributed by atoms with Gasteiger partial charge in [-0.15, -0.1) is 0 Å². The van der Waals surface area contributed by atoms with Crippen LogP contribution in [-0.2, 0) is 23.2 Å². The molecule has 0 heterocycles. The zero-order valence-electron chi connectivity index (χ0n) is 20.1. The van der Waals surface area contributed by atoms with Gasteiger partial charge < -0.3 is 18.9 Å². The first-order chi connectivity index (χ1) is 12.8. The summed E-state index contributed by atoms with van der Waals surface area (Å²) < 4.78 is 16.5. The topological polar surface area (TPSA) is 90.9 Å². The Morgan fingerprint density at radius 3 is 1.72 bits per heavy atom. The van der Waals surface area contributed by atoms with E-state index in [0.717, 1.165) is 0 Å². The minimum Gasteiger partial charge on any atom is -0.519 e. The van der Waals surface area contributed by atoms with Crippen LogP contribution in [0.4, 0.5) is 4.79 Å². The van der Waals surface area contributed by atoms with Gasteiger partial charge in [0, 0.05) is 6.42 Å². The maximum atomic E-state index is 12.8. The molecular formula is C20H41NO6Si2. The lowest BCUT2D eigenvalue weighted by Crippen LogP contribution is -2.50. The molecule has 0 saturated heterocycles. The summed E-state index contributed by atoms with van der Waals surface area (Å²) in [6.45, 7) is 22.0. The Labute approximate surface area is 178 Å². The largest absolute Gasteiger partial charge is 0.519 e. The number of alkyl carbamates (subject to hydrolysis) is 1. The van der Waals surface area contributed by atoms with Gasteiger partial charge in [-0.05, 0) is 49.6 Å². The Morgan fingerprint density at radius 1 is 0.862 bits per heavy atom. The summed E-state index contributed by atoms with van der Waals surface area (Å²) in [5.74, 6) is -0.905. The normalized spacial score (nSPS) is 14.0. The molecule has 1 N–H and O–H groups in total. The molecule has 0 fully saturated rings. The zero-order valence-corrected chi connectivity index (χ0v) is 22.1. The highest BCUT2D eigenvalue weighted by Crippen LogP contribution is 2.38. The third-order valence-corrected chi connectivity index (χ3v) is 14.5. The smallest absolute Gasteiger partial charge is 0.407 e. The predicted octanol–water partition coefficient (Wildman–Crippen LogP) is 4.98. The van der Waals surface area contributed by atoms with Gasteiger partial charge in [-0.1, -0.05) is 41.5 Å². The summed E-state index contributed by atoms with van der Waals surface area (Å²) in [6.07, 6.45) is -0.599. The molecule has 0 radical (unpaired) electrons. The second-order valence-electron chi connectivity index (χ2n) is 10.4. The minimum atomic E-state index is -2.37. The lowest BCUT2D eigenvalue weighted by Gasteiger charge is -2.37. The number of carbonyl (C=O) groups is 3. The Hall–Kier alpha value is -1.36. The van der Waals surface area contributed by atoms with E-state index in [1.54, 1.807) is 6.92 Å². The molecule has 170 valence electrons. The van der Waals surface area contributed by atoms with Gasteiger partial charge in [-0.3, -0.25) is 9.59 Å². The molecule has 7 nitrogen and oxygen atoms in total. The second-order valence-corrected chi connectivity index (χ2v) is 19.8. The summed E-state index contributed by atoms with van der Waals surface area (Å²) in [4.78, 5) is 37.1. The van der Waals surface area contributed by atoms with Crippen LogP contribution in [0.2, 0.25) is 36.3 Å². The van der Waals surface area contributed by atoms with E-state index in [1.807, 2.05) is 67.7 Å². The van der Waals surface area contributed by atoms with Gasteiger partial charge in [-0.25, -0.2) is 4.79 Å². The highest BCUT2D eigenvalue weighted by molar-refractivity contribution is 6.75. The van der Waals surface area contributed by atoms with Crippen molar-refractivity contribution in [3.8, 4) is 0 Å². The van der Waals surface area contributed by atoms with Gasteiger partial charge in [0.25, 0.3) is 22.6 Å². The fourth-order valence-electron chi connectivity index (χ4n) is 1.79. The summed E-state index contributed by atoms with van der Waals surface area (Å²) in [6, 6.07) is -0.963. The number of amides is 1. The van der Waals surface area contributed by atoms with Crippen molar-refractivity contribution in [3.05, 3.63) is 0 Å². The maximum Gasteiger partial charge on any atom is 0.407 e. The van der Waals surface area contributed by atoms with E-state index in [-0.39, 0.29) is 35.5 Å². The second kappa shape index (κ2) is 10.1. The molecule has 1 amide bonds. The molecule has 9 heteroatoms. The van der Waals surface area contributed by atoms with Crippen molar-refractivity contribution in [2.45, 2.75) is 104 Å². The van der Waals surface area contributed by atoms with Crippen molar-refractivity contribution in [2.24, 2.45) is 0 Å². The van der Waals surface area contributed by atoms with Crippen LogP contribution in [0.5, 0.6) is 0 Å². The number of nitrogens with one attached hydrogen (secondary N) is 1. The summed E-state index contributed by atoms with van der Waals surface area (Å²) >= 11 is 0. The van der Waals surface area contributed by atoms with Gasteiger partial charge in [0.05, 0.1) is 6.61 Å². The Morgan fingerprint density at radius 2 is 1.31 bits per heavy atom. The van der Waals surface area contributed by atoms with Gasteiger partial charge in [0.2, 0.25) is 0 Å². The Kier molecular flexibility index (Phi) is 9.63. The van der Waals surface area contributed by atoms with Crippen molar-refractivity contribution in [3.63, 3.8) is 0 Å². The van der Waals surface area contributed by atoms with Crippen LogP contribution in [0.25, 0.3) is 0 Å². The fourth-order valence-corrected chi connectivity index (χ4v) is 3.72. The van der Waals surface area contributed by atoms with Crippen LogP contribution in [0, 0.1) is 0 Å². The predicted molar refractivity (Wildman–Crippen MR) is 120 cm³/mol. The van der Waals surface area contributed by atoms with Crippen LogP contribution < -0.4 is 5.32 Å². The highest BCUT2D eigenvalue weighted by Gasteiger charge is 2.43. The first kappa shape index (κ1) is 27.6. The number of hydrogen-bond acceptors (Lipinski definition) is 6. The van der Waals surface area contributed by atoms with Crippen LogP contribution in [-0.4, -0.2) is 47.3 Å². The van der Waals surface area contributed by atoms with Crippen LogP contribution in [0.3, 0.4) is 0 Å². The Bertz CT molecular complexity index is 591. The van der Waals surface area contributed by atoms with Crippen molar-refractivity contribution in [1.82, 2.24) is 5.32 Å². The van der Waals surface area contributed by atoms with E-state index in [9.17, 15) is 14.4 Å². The molecule has 1 unspecified atom stereocenters. The molecule has 0 aliphatic heterocycles.